The van der Waals surface area contributed by atoms with Gasteiger partial charge in [-0.25, -0.2) is 14.8 Å². The van der Waals surface area contributed by atoms with E-state index < -0.39 is 11.7 Å². The highest BCUT2D eigenvalue weighted by Gasteiger charge is 2.29. The molecule has 0 unspecified atom stereocenters. The Bertz CT molecular complexity index is 1310. The standard InChI is InChI=1S/C27H34N6O3/c1-16-24-32-23-18(9-7-10-20(23)30-16)21-14-19-22(31-21)17(15-29-25(19)34)8-5-6-12-33(24)13-11-28-26(35)36-27(2,3)4/h7,9-10,14,17,31H,5-6,8,11-13,15H2,1-4H3,(H,28,35)(H,29,34)/t17-/m0/s1. The summed E-state index contributed by atoms with van der Waals surface area (Å²) in [6.07, 6.45) is 2.52. The second-order valence-corrected chi connectivity index (χ2v) is 10.6. The molecule has 36 heavy (non-hydrogen) atoms. The van der Waals surface area contributed by atoms with Crippen molar-refractivity contribution >= 4 is 28.9 Å². The van der Waals surface area contributed by atoms with Crippen molar-refractivity contribution in [1.29, 1.82) is 0 Å². The topological polar surface area (TPSA) is 112 Å². The van der Waals surface area contributed by atoms with Crippen LogP contribution in [0.5, 0.6) is 0 Å². The van der Waals surface area contributed by atoms with Crippen molar-refractivity contribution in [2.75, 3.05) is 31.1 Å². The Morgan fingerprint density at radius 2 is 2.06 bits per heavy atom. The van der Waals surface area contributed by atoms with Gasteiger partial charge in [0.15, 0.2) is 5.82 Å². The van der Waals surface area contributed by atoms with Gasteiger partial charge >= 0.3 is 6.09 Å². The van der Waals surface area contributed by atoms with Crippen LogP contribution in [0.25, 0.3) is 22.3 Å². The first kappa shape index (κ1) is 24.1. The molecule has 9 heteroatoms. The van der Waals surface area contributed by atoms with Crippen molar-refractivity contribution in [3.63, 3.8) is 0 Å². The Hall–Kier alpha value is -3.62. The molecule has 0 saturated heterocycles. The molecule has 9 nitrogen and oxygen atoms in total. The summed E-state index contributed by atoms with van der Waals surface area (Å²) >= 11 is 0. The smallest absolute Gasteiger partial charge is 0.407 e. The number of ether oxygens (including phenoxy) is 1. The van der Waals surface area contributed by atoms with Crippen molar-refractivity contribution in [2.24, 2.45) is 0 Å². The van der Waals surface area contributed by atoms with Crippen LogP contribution in [0.15, 0.2) is 24.3 Å². The zero-order chi connectivity index (χ0) is 25.4. The molecule has 2 aliphatic heterocycles. The van der Waals surface area contributed by atoms with Gasteiger partial charge in [0.25, 0.3) is 5.91 Å². The van der Waals surface area contributed by atoms with Crippen LogP contribution in [0.1, 0.15) is 67.7 Å². The van der Waals surface area contributed by atoms with E-state index in [0.29, 0.717) is 19.6 Å². The molecule has 1 aromatic carbocycles. The van der Waals surface area contributed by atoms with Crippen LogP contribution in [-0.2, 0) is 4.74 Å². The van der Waals surface area contributed by atoms with Gasteiger partial charge in [0.1, 0.15) is 11.1 Å². The molecule has 3 N–H and O–H groups in total. The van der Waals surface area contributed by atoms with Gasteiger partial charge in [-0.3, -0.25) is 4.79 Å². The molecule has 0 aliphatic carbocycles. The lowest BCUT2D eigenvalue weighted by Crippen LogP contribution is -2.39. The van der Waals surface area contributed by atoms with Crippen LogP contribution < -0.4 is 15.5 Å². The van der Waals surface area contributed by atoms with Crippen molar-refractivity contribution < 1.29 is 14.3 Å². The molecule has 190 valence electrons. The summed E-state index contributed by atoms with van der Waals surface area (Å²) in [4.78, 5) is 40.5. The number of aryl methyl sites for hydroxylation is 1. The fraction of sp³-hybridized carbons (Fsp3) is 0.481. The van der Waals surface area contributed by atoms with Crippen molar-refractivity contribution in [3.05, 3.63) is 41.2 Å². The van der Waals surface area contributed by atoms with Gasteiger partial charge in [-0.15, -0.1) is 0 Å². The molecule has 0 radical (unpaired) electrons. The van der Waals surface area contributed by atoms with E-state index in [1.165, 1.54) is 0 Å². The summed E-state index contributed by atoms with van der Waals surface area (Å²) in [6.45, 7) is 10.0. The van der Waals surface area contributed by atoms with E-state index in [4.69, 9.17) is 14.7 Å². The number of anilines is 1. The summed E-state index contributed by atoms with van der Waals surface area (Å²) in [5.74, 6) is 1.04. The second kappa shape index (κ2) is 9.44. The number of H-pyrrole nitrogens is 1. The molecule has 0 fully saturated rings. The average molecular weight is 491 g/mol. The van der Waals surface area contributed by atoms with E-state index >= 15 is 0 Å². The number of benzene rings is 1. The predicted octanol–water partition coefficient (Wildman–Crippen LogP) is 4.28. The molecule has 2 amide bonds. The largest absolute Gasteiger partial charge is 0.444 e. The Morgan fingerprint density at radius 3 is 2.86 bits per heavy atom. The lowest BCUT2D eigenvalue weighted by atomic mass is 9.92. The maximum absolute atomic E-state index is 12.6. The predicted molar refractivity (Wildman–Crippen MR) is 139 cm³/mol. The summed E-state index contributed by atoms with van der Waals surface area (Å²) in [6, 6.07) is 7.91. The van der Waals surface area contributed by atoms with Crippen LogP contribution in [0.4, 0.5) is 10.6 Å². The number of alkyl carbamates (subject to hydrolysis) is 1. The SMILES string of the molecule is Cc1nc2cccc3c2nc1N(CCNC(=O)OC(C)(C)C)CCCC[C@H]1CNC(=O)c2cc-3[nH]c21. The van der Waals surface area contributed by atoms with Gasteiger partial charge in [-0.05, 0) is 52.7 Å². The number of fused-ring (bicyclic) bond motifs is 3. The van der Waals surface area contributed by atoms with Crippen molar-refractivity contribution in [3.8, 4) is 11.3 Å². The molecule has 5 rings (SSSR count). The van der Waals surface area contributed by atoms with Crippen LogP contribution in [-0.4, -0.2) is 58.7 Å². The third-order valence-corrected chi connectivity index (χ3v) is 6.72. The molecular weight excluding hydrogens is 456 g/mol. The van der Waals surface area contributed by atoms with Crippen LogP contribution in [0.2, 0.25) is 0 Å². The highest BCUT2D eigenvalue weighted by molar-refractivity contribution is 6.00. The number of aromatic nitrogens is 3. The van der Waals surface area contributed by atoms with E-state index in [0.717, 1.165) is 70.9 Å². The van der Waals surface area contributed by atoms with Gasteiger partial charge in [0.2, 0.25) is 0 Å². The first-order valence-corrected chi connectivity index (χ1v) is 12.7. The Kier molecular flexibility index (Phi) is 6.32. The molecule has 4 bridgehead atoms. The number of hydrogen-bond donors (Lipinski definition) is 3. The number of para-hydroxylation sites is 1. The van der Waals surface area contributed by atoms with E-state index in [1.807, 2.05) is 52.0 Å². The highest BCUT2D eigenvalue weighted by atomic mass is 16.6. The number of carbonyl (C=O) groups is 2. The minimum Gasteiger partial charge on any atom is -0.444 e. The lowest BCUT2D eigenvalue weighted by Gasteiger charge is -2.27. The number of carbonyl (C=O) groups excluding carboxylic acids is 2. The quantitative estimate of drug-likeness (QED) is 0.505. The average Bonchev–Trinajstić information content (AvgIpc) is 3.26. The molecule has 2 aliphatic rings. The van der Waals surface area contributed by atoms with Gasteiger partial charge in [0, 0.05) is 49.0 Å². The molecule has 1 atom stereocenters. The second-order valence-electron chi connectivity index (χ2n) is 10.6. The van der Waals surface area contributed by atoms with E-state index in [9.17, 15) is 9.59 Å². The van der Waals surface area contributed by atoms with Gasteiger partial charge in [0.05, 0.1) is 16.8 Å². The van der Waals surface area contributed by atoms with Gasteiger partial charge in [-0.2, -0.15) is 0 Å². The van der Waals surface area contributed by atoms with Crippen LogP contribution >= 0.6 is 0 Å². The Labute approximate surface area is 211 Å². The normalized spacial score (nSPS) is 17.7. The fourth-order valence-corrected chi connectivity index (χ4v) is 5.08. The Morgan fingerprint density at radius 1 is 1.22 bits per heavy atom. The van der Waals surface area contributed by atoms with Gasteiger partial charge in [-0.1, -0.05) is 18.6 Å². The first-order chi connectivity index (χ1) is 17.2. The molecule has 0 spiro atoms. The summed E-state index contributed by atoms with van der Waals surface area (Å²) in [5, 5.41) is 5.92. The zero-order valence-corrected chi connectivity index (χ0v) is 21.4. The van der Waals surface area contributed by atoms with E-state index in [2.05, 4.69) is 20.5 Å². The maximum Gasteiger partial charge on any atom is 0.407 e. The molecule has 4 heterocycles. The summed E-state index contributed by atoms with van der Waals surface area (Å²) in [5.41, 5.74) is 5.46. The molecule has 0 saturated carbocycles. The van der Waals surface area contributed by atoms with E-state index in [1.54, 1.807) is 0 Å². The minimum absolute atomic E-state index is 0.0256. The molecule has 3 aromatic rings. The molecule has 2 aromatic heterocycles. The van der Waals surface area contributed by atoms with Crippen molar-refractivity contribution in [2.45, 2.75) is 58.5 Å². The number of nitrogens with zero attached hydrogens (tertiary/aromatic N) is 3. The zero-order valence-electron chi connectivity index (χ0n) is 21.4. The van der Waals surface area contributed by atoms with Crippen LogP contribution in [0, 0.1) is 6.92 Å². The van der Waals surface area contributed by atoms with Gasteiger partial charge < -0.3 is 25.3 Å². The molecular formula is C27H34N6O3. The number of nitrogens with one attached hydrogen (secondary N) is 3. The number of rotatable bonds is 3. The highest BCUT2D eigenvalue weighted by Crippen LogP contribution is 2.35. The fourth-order valence-electron chi connectivity index (χ4n) is 5.08. The number of amides is 2. The van der Waals surface area contributed by atoms with Crippen molar-refractivity contribution in [1.82, 2.24) is 25.6 Å². The van der Waals surface area contributed by atoms with Crippen LogP contribution in [0.3, 0.4) is 0 Å². The third-order valence-electron chi connectivity index (χ3n) is 6.72. The minimum atomic E-state index is -0.539. The summed E-state index contributed by atoms with van der Waals surface area (Å²) < 4.78 is 5.39. The Balaban J connectivity index is 1.51. The number of hydrogen-bond acceptors (Lipinski definition) is 6. The third kappa shape index (κ3) is 4.87. The maximum atomic E-state index is 12.6. The monoisotopic (exact) mass is 490 g/mol. The van der Waals surface area contributed by atoms with E-state index in [-0.39, 0.29) is 11.8 Å². The number of aromatic amines is 1. The summed E-state index contributed by atoms with van der Waals surface area (Å²) in [7, 11) is 0. The lowest BCUT2D eigenvalue weighted by molar-refractivity contribution is 0.0529. The first-order valence-electron chi connectivity index (χ1n) is 12.7.